The van der Waals surface area contributed by atoms with Crippen LogP contribution in [0.15, 0.2) is 66.4 Å². The molecule has 30 heavy (non-hydrogen) atoms. The van der Waals surface area contributed by atoms with E-state index in [1.807, 2.05) is 67.6 Å². The maximum Gasteiger partial charge on any atom is 0.326 e. The van der Waals surface area contributed by atoms with Crippen molar-refractivity contribution in [1.82, 2.24) is 0 Å². The van der Waals surface area contributed by atoms with Gasteiger partial charge in [-0.1, -0.05) is 74.0 Å². The van der Waals surface area contributed by atoms with Crippen molar-refractivity contribution in [1.29, 1.82) is 0 Å². The molecule has 1 saturated carbocycles. The summed E-state index contributed by atoms with van der Waals surface area (Å²) in [6.45, 7) is 3.96. The maximum absolute atomic E-state index is 13.7. The summed E-state index contributed by atoms with van der Waals surface area (Å²) in [4.78, 5) is 12.6. The Morgan fingerprint density at radius 1 is 1.10 bits per heavy atom. The van der Waals surface area contributed by atoms with Crippen molar-refractivity contribution in [3.05, 3.63) is 82.8 Å². The minimum absolute atomic E-state index is 0.110. The van der Waals surface area contributed by atoms with E-state index < -0.39 is 11.6 Å². The molecule has 4 heteroatoms. The van der Waals surface area contributed by atoms with Gasteiger partial charge in [0, 0.05) is 18.4 Å². The molecular weight excluding hydrogens is 374 g/mol. The van der Waals surface area contributed by atoms with Gasteiger partial charge in [-0.3, -0.25) is 4.79 Å². The highest BCUT2D eigenvalue weighted by molar-refractivity contribution is 6.05. The van der Waals surface area contributed by atoms with Gasteiger partial charge in [0.2, 0.25) is 11.5 Å². The summed E-state index contributed by atoms with van der Waals surface area (Å²) in [7, 11) is 0. The third-order valence-electron chi connectivity index (χ3n) is 6.37. The molecule has 0 bridgehead atoms. The predicted octanol–water partition coefficient (Wildman–Crippen LogP) is 5.70. The Kier molecular flexibility index (Phi) is 5.76. The molecule has 2 aromatic carbocycles. The average Bonchev–Trinajstić information content (AvgIpc) is 3.04. The van der Waals surface area contributed by atoms with Crippen LogP contribution in [0.4, 0.5) is 0 Å². The smallest absolute Gasteiger partial charge is 0.326 e. The number of unbranched alkanes of at least 4 members (excludes halogenated alkanes) is 1. The molecule has 156 valence electrons. The van der Waals surface area contributed by atoms with Crippen molar-refractivity contribution in [3.63, 3.8) is 0 Å². The minimum Gasteiger partial charge on any atom is -0.621 e. The number of Topliss-reactive ketones (excluding diaryl/α,β-unsaturated/α-hetero) is 1. The number of nitrogens with zero attached hydrogens (tertiary/aromatic N) is 1. The Morgan fingerprint density at radius 2 is 1.70 bits per heavy atom. The molecule has 0 radical (unpaired) electrons. The van der Waals surface area contributed by atoms with Gasteiger partial charge in [-0.05, 0) is 30.9 Å². The third-order valence-corrected chi connectivity index (χ3v) is 6.37. The highest BCUT2D eigenvalue weighted by Crippen LogP contribution is 2.44. The Balaban J connectivity index is 1.95. The molecule has 2 aliphatic rings. The van der Waals surface area contributed by atoms with Crippen molar-refractivity contribution in [2.75, 3.05) is 0 Å². The molecule has 1 fully saturated rings. The lowest BCUT2D eigenvalue weighted by atomic mass is 9.81. The van der Waals surface area contributed by atoms with Crippen molar-refractivity contribution in [2.24, 2.45) is 5.92 Å². The first-order chi connectivity index (χ1) is 14.6. The summed E-state index contributed by atoms with van der Waals surface area (Å²) in [5.41, 5.74) is 2.48. The number of rotatable bonds is 5. The van der Waals surface area contributed by atoms with E-state index >= 15 is 0 Å². The van der Waals surface area contributed by atoms with Crippen LogP contribution in [0, 0.1) is 11.1 Å². The quantitative estimate of drug-likeness (QED) is 0.475. The number of ether oxygens (including phenoxy) is 1. The van der Waals surface area contributed by atoms with E-state index in [0.717, 1.165) is 34.3 Å². The first kappa shape index (κ1) is 20.4. The van der Waals surface area contributed by atoms with Gasteiger partial charge in [0.1, 0.15) is 11.7 Å². The largest absolute Gasteiger partial charge is 0.621 e. The number of hydrogen-bond acceptors (Lipinski definition) is 3. The molecule has 0 amide bonds. The highest BCUT2D eigenvalue weighted by Gasteiger charge is 2.58. The molecular formula is C26H29NO3. The monoisotopic (exact) mass is 403 g/mol. The fourth-order valence-electron chi connectivity index (χ4n) is 4.61. The summed E-state index contributed by atoms with van der Waals surface area (Å²) in [5.74, 6) is 0.294. The van der Waals surface area contributed by atoms with Crippen molar-refractivity contribution in [2.45, 2.75) is 58.1 Å². The van der Waals surface area contributed by atoms with E-state index in [2.05, 4.69) is 6.92 Å². The van der Waals surface area contributed by atoms with Crippen LogP contribution in [0.2, 0.25) is 0 Å². The minimum atomic E-state index is -1.12. The molecule has 1 aliphatic heterocycles. The van der Waals surface area contributed by atoms with E-state index in [9.17, 15) is 10.0 Å². The second kappa shape index (κ2) is 8.47. The van der Waals surface area contributed by atoms with Gasteiger partial charge in [0.25, 0.3) is 0 Å². The summed E-state index contributed by atoms with van der Waals surface area (Å²) >= 11 is 0. The van der Waals surface area contributed by atoms with E-state index in [-0.39, 0.29) is 5.78 Å². The van der Waals surface area contributed by atoms with Crippen LogP contribution >= 0.6 is 0 Å². The summed E-state index contributed by atoms with van der Waals surface area (Å²) < 4.78 is 7.65. The summed E-state index contributed by atoms with van der Waals surface area (Å²) in [5, 5.41) is 13.7. The highest BCUT2D eigenvalue weighted by atomic mass is 16.6. The SMILES string of the molecule is CCCCC1=[N+]([O-])[C@]2(CCCC(=O)[C@@H]2C)OC1=C(c1ccccc1)c1ccccc1. The lowest BCUT2D eigenvalue weighted by Crippen LogP contribution is -2.50. The van der Waals surface area contributed by atoms with Crippen LogP contribution in [-0.2, 0) is 9.53 Å². The topological polar surface area (TPSA) is 52.4 Å². The van der Waals surface area contributed by atoms with Crippen LogP contribution in [0.3, 0.4) is 0 Å². The van der Waals surface area contributed by atoms with Gasteiger partial charge >= 0.3 is 5.72 Å². The molecule has 1 heterocycles. The second-order valence-corrected chi connectivity index (χ2v) is 8.27. The first-order valence-electron chi connectivity index (χ1n) is 11.0. The van der Waals surface area contributed by atoms with Crippen LogP contribution < -0.4 is 0 Å². The predicted molar refractivity (Wildman–Crippen MR) is 119 cm³/mol. The number of carbonyl (C=O) groups is 1. The summed E-state index contributed by atoms with van der Waals surface area (Å²) in [6, 6.07) is 20.1. The molecule has 2 atom stereocenters. The number of allylic oxidation sites excluding steroid dienone is 1. The molecule has 0 saturated heterocycles. The Hall–Kier alpha value is -2.88. The number of ketones is 1. The zero-order valence-corrected chi connectivity index (χ0v) is 17.8. The molecule has 0 unspecified atom stereocenters. The molecule has 4 nitrogen and oxygen atoms in total. The van der Waals surface area contributed by atoms with Crippen molar-refractivity contribution in [3.8, 4) is 0 Å². The molecule has 2 aromatic rings. The van der Waals surface area contributed by atoms with E-state index in [4.69, 9.17) is 4.74 Å². The third kappa shape index (κ3) is 3.45. The normalized spacial score (nSPS) is 23.7. The van der Waals surface area contributed by atoms with Gasteiger partial charge in [-0.25, -0.2) is 0 Å². The molecule has 0 aromatic heterocycles. The lowest BCUT2D eigenvalue weighted by Gasteiger charge is -2.34. The standard InChI is InChI=1S/C26H29NO3/c1-3-4-16-22-25(30-26(27(22)29)18-11-17-23(28)19(26)2)24(20-12-7-5-8-13-20)21-14-9-6-10-15-21/h5-10,12-15,19H,3-4,11,16-18H2,1-2H3/t19-,26+/m0/s1. The van der Waals surface area contributed by atoms with E-state index in [0.29, 0.717) is 37.2 Å². The number of hydrogen-bond donors (Lipinski definition) is 0. The van der Waals surface area contributed by atoms with Crippen LogP contribution in [0.5, 0.6) is 0 Å². The van der Waals surface area contributed by atoms with Gasteiger partial charge < -0.3 is 9.94 Å². The van der Waals surface area contributed by atoms with Crippen LogP contribution in [-0.4, -0.2) is 22.0 Å². The van der Waals surface area contributed by atoms with Crippen molar-refractivity contribution >= 4 is 17.1 Å². The fraction of sp³-hybridized carbons (Fsp3) is 0.385. The van der Waals surface area contributed by atoms with Gasteiger partial charge in [0.15, 0.2) is 0 Å². The first-order valence-corrected chi connectivity index (χ1v) is 11.0. The van der Waals surface area contributed by atoms with Gasteiger partial charge in [-0.2, -0.15) is 4.74 Å². The van der Waals surface area contributed by atoms with Gasteiger partial charge in [-0.15, -0.1) is 0 Å². The van der Waals surface area contributed by atoms with Crippen LogP contribution in [0.25, 0.3) is 5.57 Å². The zero-order chi connectivity index (χ0) is 21.1. The second-order valence-electron chi connectivity index (χ2n) is 8.27. The van der Waals surface area contributed by atoms with Gasteiger partial charge in [0.05, 0.1) is 6.42 Å². The van der Waals surface area contributed by atoms with Crippen molar-refractivity contribution < 1.29 is 14.3 Å². The molecule has 1 aliphatic carbocycles. The molecule has 1 spiro atoms. The Morgan fingerprint density at radius 3 is 2.27 bits per heavy atom. The maximum atomic E-state index is 13.7. The summed E-state index contributed by atoms with van der Waals surface area (Å²) in [6.07, 6.45) is 4.30. The average molecular weight is 404 g/mol. The van der Waals surface area contributed by atoms with Crippen LogP contribution in [0.1, 0.15) is 63.5 Å². The number of carbonyl (C=O) groups excluding carboxylic acids is 1. The number of hydroxylamine groups is 1. The van der Waals surface area contributed by atoms with E-state index in [1.165, 1.54) is 0 Å². The van der Waals surface area contributed by atoms with E-state index in [1.54, 1.807) is 0 Å². The molecule has 4 rings (SSSR count). The lowest BCUT2D eigenvalue weighted by molar-refractivity contribution is -0.603. The Labute approximate surface area is 178 Å². The zero-order valence-electron chi connectivity index (χ0n) is 17.8. The Bertz CT molecular complexity index is 936. The number of benzene rings is 2. The molecule has 0 N–H and O–H groups in total. The fourth-order valence-corrected chi connectivity index (χ4v) is 4.61.